The largest absolute Gasteiger partial charge is 0.355 e. The van der Waals surface area contributed by atoms with Crippen LogP contribution in [0.2, 0.25) is 0 Å². The van der Waals surface area contributed by atoms with Gasteiger partial charge in [-0.3, -0.25) is 9.59 Å². The monoisotopic (exact) mass is 438 g/mol. The number of fused-ring (bicyclic) bond motifs is 3. The molecule has 0 saturated carbocycles. The Morgan fingerprint density at radius 2 is 2.00 bits per heavy atom. The molecule has 0 radical (unpaired) electrons. The van der Waals surface area contributed by atoms with Crippen molar-refractivity contribution in [2.45, 2.75) is 51.0 Å². The van der Waals surface area contributed by atoms with Crippen LogP contribution in [0.15, 0.2) is 35.1 Å². The van der Waals surface area contributed by atoms with Gasteiger partial charge in [0, 0.05) is 30.3 Å². The van der Waals surface area contributed by atoms with Crippen LogP contribution in [0.3, 0.4) is 0 Å². The summed E-state index contributed by atoms with van der Waals surface area (Å²) in [5, 5.41) is 3.81. The average molecular weight is 439 g/mol. The Morgan fingerprint density at radius 1 is 1.23 bits per heavy atom. The Kier molecular flexibility index (Phi) is 6.83. The molecule has 1 aromatic carbocycles. The summed E-state index contributed by atoms with van der Waals surface area (Å²) in [5.74, 6) is 0.577. The molecule has 2 N–H and O–H groups in total. The SMILES string of the molecule is CN(C)C(CNC(=O)CCc1nc2sc3c(c2c(=O)[nH]1)CCCC3)Cc1ccccc1. The van der Waals surface area contributed by atoms with E-state index in [1.807, 2.05) is 32.3 Å². The molecule has 4 rings (SSSR count). The highest BCUT2D eigenvalue weighted by atomic mass is 32.1. The summed E-state index contributed by atoms with van der Waals surface area (Å²) in [6.45, 7) is 0.585. The smallest absolute Gasteiger partial charge is 0.259 e. The Morgan fingerprint density at radius 3 is 2.77 bits per heavy atom. The standard InChI is InChI=1S/C24H30N4O2S/c1-28(2)17(14-16-8-4-3-5-9-16)15-25-21(29)13-12-20-26-23(30)22-18-10-6-7-11-19(18)31-24(22)27-20/h3-5,8-9,17H,6-7,10-15H2,1-2H3,(H,25,29)(H,26,27,30). The summed E-state index contributed by atoms with van der Waals surface area (Å²) in [6, 6.07) is 10.5. The highest BCUT2D eigenvalue weighted by Crippen LogP contribution is 2.33. The molecule has 0 spiro atoms. The Labute approximate surface area is 186 Å². The van der Waals surface area contributed by atoms with Gasteiger partial charge in [-0.2, -0.15) is 0 Å². The Balaban J connectivity index is 1.35. The molecular weight excluding hydrogens is 408 g/mol. The molecule has 1 amide bonds. The van der Waals surface area contributed by atoms with Gasteiger partial charge in [0.1, 0.15) is 10.7 Å². The van der Waals surface area contributed by atoms with E-state index in [0.717, 1.165) is 35.9 Å². The van der Waals surface area contributed by atoms with Crippen molar-refractivity contribution in [3.05, 3.63) is 62.5 Å². The van der Waals surface area contributed by atoms with Crippen molar-refractivity contribution in [2.24, 2.45) is 0 Å². The summed E-state index contributed by atoms with van der Waals surface area (Å²) in [7, 11) is 4.06. The van der Waals surface area contributed by atoms with Gasteiger partial charge in [0.15, 0.2) is 0 Å². The zero-order valence-electron chi connectivity index (χ0n) is 18.2. The van der Waals surface area contributed by atoms with E-state index in [2.05, 4.69) is 32.3 Å². The number of H-pyrrole nitrogens is 1. The summed E-state index contributed by atoms with van der Waals surface area (Å²) >= 11 is 1.64. The maximum atomic E-state index is 12.6. The van der Waals surface area contributed by atoms with E-state index < -0.39 is 0 Å². The number of rotatable bonds is 8. The molecule has 0 saturated heterocycles. The lowest BCUT2D eigenvalue weighted by Crippen LogP contribution is -2.41. The first-order valence-electron chi connectivity index (χ1n) is 11.0. The number of hydrogen-bond acceptors (Lipinski definition) is 5. The molecule has 0 fully saturated rings. The zero-order valence-corrected chi connectivity index (χ0v) is 19.1. The van der Waals surface area contributed by atoms with Gasteiger partial charge in [0.05, 0.1) is 5.39 Å². The quantitative estimate of drug-likeness (QED) is 0.567. The van der Waals surface area contributed by atoms with Gasteiger partial charge < -0.3 is 15.2 Å². The van der Waals surface area contributed by atoms with Crippen molar-refractivity contribution in [3.63, 3.8) is 0 Å². The normalized spacial score (nSPS) is 14.5. The van der Waals surface area contributed by atoms with Crippen LogP contribution >= 0.6 is 11.3 Å². The molecule has 2 aromatic heterocycles. The molecule has 1 unspecified atom stereocenters. The molecule has 3 aromatic rings. The number of carbonyl (C=O) groups excluding carboxylic acids is 1. The van der Waals surface area contributed by atoms with E-state index >= 15 is 0 Å². The number of aryl methyl sites for hydroxylation is 3. The van der Waals surface area contributed by atoms with Gasteiger partial charge in [-0.25, -0.2) is 4.98 Å². The van der Waals surface area contributed by atoms with Gasteiger partial charge in [-0.15, -0.1) is 11.3 Å². The van der Waals surface area contributed by atoms with Crippen LogP contribution in [0.1, 0.15) is 41.1 Å². The van der Waals surface area contributed by atoms with E-state index in [1.54, 1.807) is 11.3 Å². The maximum Gasteiger partial charge on any atom is 0.259 e. The highest BCUT2D eigenvalue weighted by molar-refractivity contribution is 7.18. The van der Waals surface area contributed by atoms with Gasteiger partial charge in [0.2, 0.25) is 5.91 Å². The van der Waals surface area contributed by atoms with Crippen molar-refractivity contribution in [1.29, 1.82) is 0 Å². The molecule has 1 aliphatic rings. The highest BCUT2D eigenvalue weighted by Gasteiger charge is 2.20. The van der Waals surface area contributed by atoms with Crippen molar-refractivity contribution in [3.8, 4) is 0 Å². The van der Waals surface area contributed by atoms with Gasteiger partial charge >= 0.3 is 0 Å². The predicted octanol–water partition coefficient (Wildman–Crippen LogP) is 3.09. The number of aromatic amines is 1. The second-order valence-electron chi connectivity index (χ2n) is 8.51. The number of amides is 1. The first-order valence-corrected chi connectivity index (χ1v) is 11.8. The van der Waals surface area contributed by atoms with Crippen molar-refractivity contribution < 1.29 is 4.79 Å². The topological polar surface area (TPSA) is 78.1 Å². The van der Waals surface area contributed by atoms with E-state index in [0.29, 0.717) is 25.2 Å². The summed E-state index contributed by atoms with van der Waals surface area (Å²) < 4.78 is 0. The van der Waals surface area contributed by atoms with Gasteiger partial charge in [0.25, 0.3) is 5.56 Å². The number of carbonyl (C=O) groups is 1. The summed E-state index contributed by atoms with van der Waals surface area (Å²) in [6.07, 6.45) is 5.96. The first kappa shape index (κ1) is 21.7. The van der Waals surface area contributed by atoms with Crippen LogP contribution in [-0.2, 0) is 30.5 Å². The summed E-state index contributed by atoms with van der Waals surface area (Å²) in [4.78, 5) is 36.9. The van der Waals surface area contributed by atoms with Crippen LogP contribution in [0.5, 0.6) is 0 Å². The minimum atomic E-state index is -0.0599. The van der Waals surface area contributed by atoms with Gasteiger partial charge in [-0.1, -0.05) is 30.3 Å². The fraction of sp³-hybridized carbons (Fsp3) is 0.458. The minimum absolute atomic E-state index is 0.0202. The third-order valence-electron chi connectivity index (χ3n) is 6.04. The van der Waals surface area contributed by atoms with Crippen LogP contribution in [-0.4, -0.2) is 47.5 Å². The minimum Gasteiger partial charge on any atom is -0.355 e. The lowest BCUT2D eigenvalue weighted by molar-refractivity contribution is -0.121. The molecule has 6 nitrogen and oxygen atoms in total. The molecule has 0 aliphatic heterocycles. The molecule has 0 bridgehead atoms. The first-order chi connectivity index (χ1) is 15.0. The lowest BCUT2D eigenvalue weighted by Gasteiger charge is -2.24. The van der Waals surface area contributed by atoms with E-state index in [4.69, 9.17) is 0 Å². The molecule has 31 heavy (non-hydrogen) atoms. The third kappa shape index (κ3) is 5.22. The van der Waals surface area contributed by atoms with Crippen LogP contribution < -0.4 is 10.9 Å². The molecular formula is C24H30N4O2S. The Bertz CT molecular complexity index is 1100. The molecule has 164 valence electrons. The molecule has 7 heteroatoms. The summed E-state index contributed by atoms with van der Waals surface area (Å²) in [5.41, 5.74) is 2.39. The predicted molar refractivity (Wildman–Crippen MR) is 126 cm³/mol. The number of likely N-dealkylation sites (N-methyl/N-ethyl adjacent to an activating group) is 1. The van der Waals surface area contributed by atoms with Crippen molar-refractivity contribution >= 4 is 27.5 Å². The molecule has 1 atom stereocenters. The number of aromatic nitrogens is 2. The maximum absolute atomic E-state index is 12.6. The Hall–Kier alpha value is -2.51. The van der Waals surface area contributed by atoms with Crippen molar-refractivity contribution in [2.75, 3.05) is 20.6 Å². The van der Waals surface area contributed by atoms with Crippen LogP contribution in [0.25, 0.3) is 10.2 Å². The molecule has 2 heterocycles. The van der Waals surface area contributed by atoms with Crippen LogP contribution in [0, 0.1) is 0 Å². The zero-order chi connectivity index (χ0) is 21.8. The average Bonchev–Trinajstić information content (AvgIpc) is 3.14. The lowest BCUT2D eigenvalue weighted by atomic mass is 9.97. The number of hydrogen-bond donors (Lipinski definition) is 2. The number of nitrogens with zero attached hydrogens (tertiary/aromatic N) is 2. The fourth-order valence-electron chi connectivity index (χ4n) is 4.20. The van der Waals surface area contributed by atoms with E-state index in [9.17, 15) is 9.59 Å². The number of nitrogens with one attached hydrogen (secondary N) is 2. The fourth-order valence-corrected chi connectivity index (χ4v) is 5.48. The van der Waals surface area contributed by atoms with Crippen molar-refractivity contribution in [1.82, 2.24) is 20.2 Å². The number of benzene rings is 1. The second kappa shape index (κ2) is 9.75. The van der Waals surface area contributed by atoms with E-state index in [1.165, 1.54) is 22.4 Å². The van der Waals surface area contributed by atoms with Gasteiger partial charge in [-0.05, 0) is 57.3 Å². The second-order valence-corrected chi connectivity index (χ2v) is 9.60. The number of thiophene rings is 1. The van der Waals surface area contributed by atoms with Crippen LogP contribution in [0.4, 0.5) is 0 Å². The molecule has 1 aliphatic carbocycles. The van der Waals surface area contributed by atoms with E-state index in [-0.39, 0.29) is 17.5 Å². The third-order valence-corrected chi connectivity index (χ3v) is 7.23.